The molecule has 13 heteroatoms. The van der Waals surface area contributed by atoms with Crippen LogP contribution in [0, 0.1) is 0 Å². The quantitative estimate of drug-likeness (QED) is 0.203. The van der Waals surface area contributed by atoms with Crippen LogP contribution in [0.3, 0.4) is 0 Å². The molecule has 1 aliphatic rings. The zero-order chi connectivity index (χ0) is 27.4. The Bertz CT molecular complexity index is 1520. The average molecular weight is 534 g/mol. The van der Waals surface area contributed by atoms with Crippen molar-refractivity contribution in [3.8, 4) is 5.75 Å². The highest BCUT2D eigenvalue weighted by atomic mass is 16.5. The molecule has 2 aromatic heterocycles. The fraction of sp³-hybridized carbons (Fsp3) is 0.308. The van der Waals surface area contributed by atoms with E-state index in [0.717, 1.165) is 36.0 Å². The molecule has 0 aliphatic carbocycles. The van der Waals surface area contributed by atoms with Crippen molar-refractivity contribution < 1.29 is 29.3 Å². The van der Waals surface area contributed by atoms with Gasteiger partial charge in [-0.15, -0.1) is 0 Å². The van der Waals surface area contributed by atoms with Gasteiger partial charge in [-0.1, -0.05) is 18.2 Å². The number of carboxylic acid groups (broad SMARTS) is 2. The van der Waals surface area contributed by atoms with Gasteiger partial charge in [0, 0.05) is 24.0 Å². The van der Waals surface area contributed by atoms with Crippen molar-refractivity contribution in [2.75, 3.05) is 23.4 Å². The highest BCUT2D eigenvalue weighted by molar-refractivity contribution is 5.99. The largest absolute Gasteiger partial charge is 0.491 e. The van der Waals surface area contributed by atoms with Crippen LogP contribution in [0.4, 0.5) is 16.3 Å². The molecular weight excluding hydrogens is 506 g/mol. The van der Waals surface area contributed by atoms with Crippen LogP contribution >= 0.6 is 0 Å². The first-order valence-corrected chi connectivity index (χ1v) is 12.5. The summed E-state index contributed by atoms with van der Waals surface area (Å²) in [6, 6.07) is 9.80. The van der Waals surface area contributed by atoms with Crippen molar-refractivity contribution >= 4 is 51.4 Å². The smallest absolute Gasteiger partial charge is 0.405 e. The van der Waals surface area contributed by atoms with E-state index in [-0.39, 0.29) is 18.9 Å². The molecule has 0 bridgehead atoms. The molecule has 4 aromatic rings. The second kappa shape index (κ2) is 11.2. The van der Waals surface area contributed by atoms with Crippen LogP contribution in [0.25, 0.3) is 21.9 Å². The van der Waals surface area contributed by atoms with Gasteiger partial charge in [-0.2, -0.15) is 0 Å². The molecule has 1 aliphatic heterocycles. The number of fused-ring (bicyclic) bond motifs is 2. The van der Waals surface area contributed by atoms with Gasteiger partial charge in [0.1, 0.15) is 30.2 Å². The number of aromatic amines is 1. The van der Waals surface area contributed by atoms with E-state index in [0.29, 0.717) is 29.2 Å². The third-order valence-electron chi connectivity index (χ3n) is 6.65. The molecule has 39 heavy (non-hydrogen) atoms. The summed E-state index contributed by atoms with van der Waals surface area (Å²) in [6.07, 6.45) is 3.09. The van der Waals surface area contributed by atoms with Crippen LogP contribution < -0.4 is 20.3 Å². The summed E-state index contributed by atoms with van der Waals surface area (Å²) in [7, 11) is 0. The van der Waals surface area contributed by atoms with Crippen molar-refractivity contribution in [2.24, 2.45) is 0 Å². The molecule has 0 saturated carbocycles. The van der Waals surface area contributed by atoms with E-state index in [1.165, 1.54) is 6.33 Å². The van der Waals surface area contributed by atoms with Crippen LogP contribution in [0.5, 0.6) is 5.75 Å². The average Bonchev–Trinajstić information content (AvgIpc) is 3.59. The molecule has 1 saturated heterocycles. The van der Waals surface area contributed by atoms with Crippen LogP contribution in [0.1, 0.15) is 25.7 Å². The maximum absolute atomic E-state index is 12.7. The number of benzene rings is 2. The number of carboxylic acids is 1. The normalized spacial score (nSPS) is 15.8. The summed E-state index contributed by atoms with van der Waals surface area (Å²) >= 11 is 0. The van der Waals surface area contributed by atoms with Crippen LogP contribution in [0.15, 0.2) is 49.1 Å². The lowest BCUT2D eigenvalue weighted by atomic mass is 10.1. The minimum Gasteiger partial charge on any atom is -0.491 e. The number of rotatable bonds is 10. The summed E-state index contributed by atoms with van der Waals surface area (Å²) in [4.78, 5) is 53.0. The number of hydrogen-bond donors (Lipinski definition) is 5. The highest BCUT2D eigenvalue weighted by Crippen LogP contribution is 2.31. The summed E-state index contributed by atoms with van der Waals surface area (Å²) in [5, 5.41) is 24.4. The number of nitrogens with one attached hydrogen (secondary N) is 3. The first-order chi connectivity index (χ1) is 18.9. The molecule has 2 amide bonds. The monoisotopic (exact) mass is 533 g/mol. The van der Waals surface area contributed by atoms with Crippen LogP contribution in [0.2, 0.25) is 0 Å². The first kappa shape index (κ1) is 25.7. The maximum atomic E-state index is 12.7. The molecule has 5 rings (SSSR count). The summed E-state index contributed by atoms with van der Waals surface area (Å²) < 4.78 is 6.29. The molecule has 2 atom stereocenters. The minimum absolute atomic E-state index is 0.0787. The standard InChI is InChI=1S/C26H27N7O6/c34-21(35)9-8-19(32-26(37)38)25(36)31-16-7-6-15-3-1-5-20(18(15)11-16)39-12-17-4-2-10-33(17)24-22-23(28-13-27-22)29-14-30-24/h1,3,5-7,11,13-14,17,19,32H,2,4,8-10,12H2,(H,31,36)(H,34,35)(H,37,38)(H,27,28,29,30)/t17-,19?/m1/s1. The van der Waals surface area contributed by atoms with Gasteiger partial charge in [-0.3, -0.25) is 9.59 Å². The lowest BCUT2D eigenvalue weighted by Gasteiger charge is -2.26. The summed E-state index contributed by atoms with van der Waals surface area (Å²) in [5.74, 6) is -0.369. The molecule has 3 heterocycles. The third-order valence-corrected chi connectivity index (χ3v) is 6.65. The molecular formula is C26H27N7O6. The Morgan fingerprint density at radius 3 is 2.85 bits per heavy atom. The second-order valence-electron chi connectivity index (χ2n) is 9.21. The number of imidazole rings is 1. The fourth-order valence-electron chi connectivity index (χ4n) is 4.80. The molecule has 202 valence electrons. The van der Waals surface area contributed by atoms with Gasteiger partial charge in [-0.25, -0.2) is 19.7 Å². The Labute approximate surface area is 222 Å². The molecule has 0 spiro atoms. The predicted octanol–water partition coefficient (Wildman–Crippen LogP) is 2.99. The lowest BCUT2D eigenvalue weighted by molar-refractivity contribution is -0.137. The molecule has 5 N–H and O–H groups in total. The minimum atomic E-state index is -1.41. The number of aliphatic carboxylic acids is 1. The number of H-pyrrole nitrogens is 1. The molecule has 2 aromatic carbocycles. The number of nitrogens with zero attached hydrogens (tertiary/aromatic N) is 4. The topological polar surface area (TPSA) is 183 Å². The summed E-state index contributed by atoms with van der Waals surface area (Å²) in [5.41, 5.74) is 1.83. The van der Waals surface area contributed by atoms with Crippen molar-refractivity contribution in [3.05, 3.63) is 49.1 Å². The van der Waals surface area contributed by atoms with Crippen molar-refractivity contribution in [1.29, 1.82) is 0 Å². The van der Waals surface area contributed by atoms with Gasteiger partial charge >= 0.3 is 12.1 Å². The highest BCUT2D eigenvalue weighted by Gasteiger charge is 2.29. The molecule has 13 nitrogen and oxygen atoms in total. The molecule has 0 radical (unpaired) electrons. The van der Waals surface area contributed by atoms with E-state index in [2.05, 4.69) is 35.5 Å². The number of anilines is 2. The van der Waals surface area contributed by atoms with Gasteiger partial charge < -0.3 is 35.5 Å². The fourth-order valence-corrected chi connectivity index (χ4v) is 4.80. The van der Waals surface area contributed by atoms with Gasteiger partial charge in [-0.05, 0) is 42.8 Å². The molecule has 1 unspecified atom stereocenters. The van der Waals surface area contributed by atoms with E-state index in [1.807, 2.05) is 24.3 Å². The zero-order valence-corrected chi connectivity index (χ0v) is 20.8. The van der Waals surface area contributed by atoms with Gasteiger partial charge in [0.25, 0.3) is 0 Å². The van der Waals surface area contributed by atoms with Crippen LogP contribution in [-0.4, -0.2) is 73.4 Å². The van der Waals surface area contributed by atoms with Crippen molar-refractivity contribution in [3.63, 3.8) is 0 Å². The van der Waals surface area contributed by atoms with E-state index < -0.39 is 24.0 Å². The molecule has 1 fully saturated rings. The van der Waals surface area contributed by atoms with E-state index >= 15 is 0 Å². The Hall–Kier alpha value is -4.94. The number of ether oxygens (including phenoxy) is 1. The Morgan fingerprint density at radius 1 is 1.15 bits per heavy atom. The number of hydrogen-bond acceptors (Lipinski definition) is 8. The number of aromatic nitrogens is 4. The van der Waals surface area contributed by atoms with E-state index in [9.17, 15) is 14.4 Å². The van der Waals surface area contributed by atoms with Crippen molar-refractivity contribution in [1.82, 2.24) is 25.3 Å². The lowest BCUT2D eigenvalue weighted by Crippen LogP contribution is -2.43. The van der Waals surface area contributed by atoms with Crippen molar-refractivity contribution in [2.45, 2.75) is 37.8 Å². The predicted molar refractivity (Wildman–Crippen MR) is 142 cm³/mol. The maximum Gasteiger partial charge on any atom is 0.405 e. The number of amides is 2. The number of carbonyl (C=O) groups excluding carboxylic acids is 1. The Balaban J connectivity index is 1.32. The Kier molecular flexibility index (Phi) is 7.39. The third kappa shape index (κ3) is 5.81. The van der Waals surface area contributed by atoms with Crippen LogP contribution in [-0.2, 0) is 9.59 Å². The zero-order valence-electron chi connectivity index (χ0n) is 20.8. The van der Waals surface area contributed by atoms with E-state index in [4.69, 9.17) is 14.9 Å². The summed E-state index contributed by atoms with van der Waals surface area (Å²) in [6.45, 7) is 1.23. The van der Waals surface area contributed by atoms with Gasteiger partial charge in [0.05, 0.1) is 12.4 Å². The van der Waals surface area contributed by atoms with Gasteiger partial charge in [0.15, 0.2) is 11.5 Å². The SMILES string of the molecule is O=C(O)CCC(NC(=O)O)C(=O)Nc1ccc2cccc(OC[C@H]3CCCN3c3ncnc4[nH]cnc34)c2c1. The first-order valence-electron chi connectivity index (χ1n) is 12.5. The van der Waals surface area contributed by atoms with Gasteiger partial charge in [0.2, 0.25) is 5.91 Å². The van der Waals surface area contributed by atoms with E-state index in [1.54, 1.807) is 18.5 Å². The second-order valence-corrected chi connectivity index (χ2v) is 9.21. The Morgan fingerprint density at radius 2 is 2.03 bits per heavy atom. The number of carbonyl (C=O) groups is 3.